The third-order valence-corrected chi connectivity index (χ3v) is 4.15. The number of aryl methyl sites for hydroxylation is 2. The van der Waals surface area contributed by atoms with Crippen LogP contribution in [0.1, 0.15) is 31.0 Å². The Morgan fingerprint density at radius 1 is 1.21 bits per heavy atom. The normalized spacial score (nSPS) is 14.3. The van der Waals surface area contributed by atoms with E-state index < -0.39 is 0 Å². The largest absolute Gasteiger partial charge is 0.395 e. The maximum Gasteiger partial charge on any atom is 0.0527 e. The van der Waals surface area contributed by atoms with Gasteiger partial charge in [-0.1, -0.05) is 37.3 Å². The molecule has 0 fully saturated rings. The number of rotatable bonds is 6. The Bertz CT molecular complexity index is 500. The van der Waals surface area contributed by atoms with Crippen molar-refractivity contribution in [2.24, 2.45) is 7.05 Å². The van der Waals surface area contributed by atoms with Crippen molar-refractivity contribution < 1.29 is 5.11 Å². The summed E-state index contributed by atoms with van der Waals surface area (Å²) in [5.74, 6) is 0. The first kappa shape index (κ1) is 13.8. The minimum absolute atomic E-state index is 0.147. The van der Waals surface area contributed by atoms with Crippen LogP contribution in [0.3, 0.4) is 0 Å². The molecule has 0 amide bonds. The number of aliphatic hydroxyl groups is 1. The lowest BCUT2D eigenvalue weighted by molar-refractivity contribution is 0.178. The second kappa shape index (κ2) is 6.02. The molecule has 1 aromatic carbocycles. The van der Waals surface area contributed by atoms with E-state index in [1.807, 2.05) is 42.2 Å². The molecule has 0 bridgehead atoms. The van der Waals surface area contributed by atoms with Crippen LogP contribution in [0.15, 0.2) is 42.6 Å². The molecule has 19 heavy (non-hydrogen) atoms. The fraction of sp³-hybridized carbons (Fsp3) is 0.438. The lowest BCUT2D eigenvalue weighted by atomic mass is 9.75. The minimum Gasteiger partial charge on any atom is -0.395 e. The molecule has 2 rings (SSSR count). The maximum atomic E-state index is 9.91. The number of hydrogen-bond donors (Lipinski definition) is 1. The highest BCUT2D eigenvalue weighted by molar-refractivity contribution is 5.26. The zero-order chi connectivity index (χ0) is 13.7. The first-order valence-corrected chi connectivity index (χ1v) is 6.85. The molecule has 0 saturated heterocycles. The van der Waals surface area contributed by atoms with Gasteiger partial charge in [0, 0.05) is 24.4 Å². The molecule has 0 spiro atoms. The summed E-state index contributed by atoms with van der Waals surface area (Å²) in [6.07, 6.45) is 4.62. The number of aliphatic hydroxyl groups excluding tert-OH is 1. The van der Waals surface area contributed by atoms with Crippen molar-refractivity contribution in [1.82, 2.24) is 9.78 Å². The summed E-state index contributed by atoms with van der Waals surface area (Å²) < 4.78 is 1.91. The van der Waals surface area contributed by atoms with Gasteiger partial charge in [0.1, 0.15) is 0 Å². The second-order valence-corrected chi connectivity index (χ2v) is 5.10. The van der Waals surface area contributed by atoms with Gasteiger partial charge in [-0.05, 0) is 30.9 Å². The summed E-state index contributed by atoms with van der Waals surface area (Å²) in [5, 5.41) is 14.1. The highest BCUT2D eigenvalue weighted by Crippen LogP contribution is 2.32. The Morgan fingerprint density at radius 2 is 1.95 bits per heavy atom. The second-order valence-electron chi connectivity index (χ2n) is 5.10. The molecule has 3 nitrogen and oxygen atoms in total. The van der Waals surface area contributed by atoms with Crippen LogP contribution in [0, 0.1) is 0 Å². The summed E-state index contributed by atoms with van der Waals surface area (Å²) in [7, 11) is 1.96. The van der Waals surface area contributed by atoms with Gasteiger partial charge in [0.15, 0.2) is 0 Å². The van der Waals surface area contributed by atoms with E-state index in [9.17, 15) is 5.11 Å². The van der Waals surface area contributed by atoms with Gasteiger partial charge in [-0.15, -0.1) is 0 Å². The standard InChI is InChI=1S/C16H22N2O/c1-3-16(13-19,14-7-5-4-6-8-14)11-9-15-10-12-17-18(15)2/h4-8,10,12,19H,3,9,11,13H2,1-2H3. The van der Waals surface area contributed by atoms with E-state index in [0.29, 0.717) is 0 Å². The first-order valence-electron chi connectivity index (χ1n) is 6.85. The van der Waals surface area contributed by atoms with E-state index in [4.69, 9.17) is 0 Å². The zero-order valence-corrected chi connectivity index (χ0v) is 11.7. The summed E-state index contributed by atoms with van der Waals surface area (Å²) >= 11 is 0. The topological polar surface area (TPSA) is 38.1 Å². The van der Waals surface area contributed by atoms with Gasteiger partial charge in [-0.2, -0.15) is 5.10 Å². The van der Waals surface area contributed by atoms with Crippen LogP contribution in [0.4, 0.5) is 0 Å². The van der Waals surface area contributed by atoms with E-state index in [0.717, 1.165) is 19.3 Å². The van der Waals surface area contributed by atoms with Crippen molar-refractivity contribution in [3.8, 4) is 0 Å². The van der Waals surface area contributed by atoms with Crippen LogP contribution in [0.2, 0.25) is 0 Å². The predicted octanol–water partition coefficient (Wildman–Crippen LogP) is 2.69. The Hall–Kier alpha value is -1.61. The average Bonchev–Trinajstić information content (AvgIpc) is 2.87. The van der Waals surface area contributed by atoms with E-state index in [1.54, 1.807) is 0 Å². The molecular weight excluding hydrogens is 236 g/mol. The fourth-order valence-electron chi connectivity index (χ4n) is 2.61. The van der Waals surface area contributed by atoms with Crippen molar-refractivity contribution in [1.29, 1.82) is 0 Å². The van der Waals surface area contributed by atoms with E-state index in [-0.39, 0.29) is 12.0 Å². The fourth-order valence-corrected chi connectivity index (χ4v) is 2.61. The van der Waals surface area contributed by atoms with Crippen LogP contribution in [-0.4, -0.2) is 21.5 Å². The Morgan fingerprint density at radius 3 is 2.47 bits per heavy atom. The molecule has 0 aliphatic heterocycles. The van der Waals surface area contributed by atoms with Crippen molar-refractivity contribution in [2.75, 3.05) is 6.61 Å². The highest BCUT2D eigenvalue weighted by atomic mass is 16.3. The van der Waals surface area contributed by atoms with Crippen molar-refractivity contribution in [3.05, 3.63) is 53.9 Å². The molecule has 102 valence electrons. The molecule has 0 aliphatic rings. The summed E-state index contributed by atoms with van der Waals surface area (Å²) in [6.45, 7) is 2.33. The molecule has 2 aromatic rings. The van der Waals surface area contributed by atoms with Gasteiger partial charge in [0.25, 0.3) is 0 Å². The Labute approximate surface area is 114 Å². The molecule has 1 unspecified atom stereocenters. The monoisotopic (exact) mass is 258 g/mol. The van der Waals surface area contributed by atoms with Gasteiger partial charge in [0.2, 0.25) is 0 Å². The minimum atomic E-state index is -0.147. The van der Waals surface area contributed by atoms with Crippen LogP contribution in [0.5, 0.6) is 0 Å². The van der Waals surface area contributed by atoms with Gasteiger partial charge in [0.05, 0.1) is 6.61 Å². The van der Waals surface area contributed by atoms with Gasteiger partial charge < -0.3 is 5.11 Å². The van der Waals surface area contributed by atoms with Gasteiger partial charge in [-0.3, -0.25) is 4.68 Å². The Kier molecular flexibility index (Phi) is 4.38. The zero-order valence-electron chi connectivity index (χ0n) is 11.7. The summed E-state index contributed by atoms with van der Waals surface area (Å²) in [4.78, 5) is 0. The lowest BCUT2D eigenvalue weighted by Crippen LogP contribution is -2.30. The van der Waals surface area contributed by atoms with Crippen molar-refractivity contribution in [3.63, 3.8) is 0 Å². The molecule has 0 radical (unpaired) electrons. The number of hydrogen-bond acceptors (Lipinski definition) is 2. The van der Waals surface area contributed by atoms with Gasteiger partial charge >= 0.3 is 0 Å². The third kappa shape index (κ3) is 2.87. The SMILES string of the molecule is CCC(CO)(CCc1ccnn1C)c1ccccc1. The number of benzene rings is 1. The molecule has 1 aromatic heterocycles. The lowest BCUT2D eigenvalue weighted by Gasteiger charge is -2.31. The van der Waals surface area contributed by atoms with Crippen LogP contribution in [0.25, 0.3) is 0 Å². The van der Waals surface area contributed by atoms with E-state index >= 15 is 0 Å². The first-order chi connectivity index (χ1) is 9.22. The highest BCUT2D eigenvalue weighted by Gasteiger charge is 2.29. The summed E-state index contributed by atoms with van der Waals surface area (Å²) in [5.41, 5.74) is 2.29. The van der Waals surface area contributed by atoms with Crippen LogP contribution >= 0.6 is 0 Å². The molecule has 0 aliphatic carbocycles. The molecule has 1 atom stereocenters. The quantitative estimate of drug-likeness (QED) is 0.865. The third-order valence-electron chi connectivity index (χ3n) is 4.15. The summed E-state index contributed by atoms with van der Waals surface area (Å²) in [6, 6.07) is 12.4. The van der Waals surface area contributed by atoms with E-state index in [1.165, 1.54) is 11.3 Å². The van der Waals surface area contributed by atoms with Crippen molar-refractivity contribution in [2.45, 2.75) is 31.6 Å². The smallest absolute Gasteiger partial charge is 0.0527 e. The number of aromatic nitrogens is 2. The molecular formula is C16H22N2O. The molecule has 1 N–H and O–H groups in total. The molecule has 1 heterocycles. The van der Waals surface area contributed by atoms with Gasteiger partial charge in [-0.25, -0.2) is 0 Å². The molecule has 3 heteroatoms. The number of nitrogens with zero attached hydrogens (tertiary/aromatic N) is 2. The average molecular weight is 258 g/mol. The maximum absolute atomic E-state index is 9.91. The van der Waals surface area contributed by atoms with Crippen molar-refractivity contribution >= 4 is 0 Å². The van der Waals surface area contributed by atoms with Crippen LogP contribution < -0.4 is 0 Å². The molecule has 0 saturated carbocycles. The Balaban J connectivity index is 2.18. The van der Waals surface area contributed by atoms with Crippen LogP contribution in [-0.2, 0) is 18.9 Å². The predicted molar refractivity (Wildman–Crippen MR) is 77.0 cm³/mol. The van der Waals surface area contributed by atoms with E-state index in [2.05, 4.69) is 24.2 Å².